The molecule has 11 nitrogen and oxygen atoms in total. The fraction of sp³-hybridized carbons (Fsp3) is 0.333. The molecule has 6 heterocycles. The van der Waals surface area contributed by atoms with E-state index in [1.54, 1.807) is 31.6 Å². The summed E-state index contributed by atoms with van der Waals surface area (Å²) in [7, 11) is 1.70. The molecule has 2 aromatic carbocycles. The van der Waals surface area contributed by atoms with Crippen molar-refractivity contribution in [2.75, 3.05) is 82.4 Å². The summed E-state index contributed by atoms with van der Waals surface area (Å²) in [4.78, 5) is 27.5. The molecule has 16 heteroatoms. The number of aromatic nitrogens is 6. The zero-order valence-electron chi connectivity index (χ0n) is 30.4. The first kappa shape index (κ1) is 39.3. The second-order valence-corrected chi connectivity index (χ2v) is 15.9. The van der Waals surface area contributed by atoms with Gasteiger partial charge in [0.25, 0.3) is 0 Å². The van der Waals surface area contributed by atoms with Gasteiger partial charge >= 0.3 is 0 Å². The van der Waals surface area contributed by atoms with Crippen LogP contribution in [0.2, 0.25) is 15.1 Å². The lowest BCUT2D eigenvalue weighted by Gasteiger charge is -2.34. The minimum Gasteiger partial charge on any atom is -0.497 e. The summed E-state index contributed by atoms with van der Waals surface area (Å²) >= 11 is 20.7. The highest BCUT2D eigenvalue weighted by molar-refractivity contribution is 7.10. The zero-order valence-corrected chi connectivity index (χ0v) is 34.3. The van der Waals surface area contributed by atoms with Gasteiger partial charge in [-0.15, -0.1) is 0 Å². The molecular formula is C39H41Cl3N10OS2. The third kappa shape index (κ3) is 11.1. The summed E-state index contributed by atoms with van der Waals surface area (Å²) in [5.41, 5.74) is 4.13. The van der Waals surface area contributed by atoms with Crippen molar-refractivity contribution in [3.05, 3.63) is 111 Å². The minimum absolute atomic E-state index is 0.615. The highest BCUT2D eigenvalue weighted by Gasteiger charge is 2.22. The summed E-state index contributed by atoms with van der Waals surface area (Å²) in [5, 5.41) is 3.96. The van der Waals surface area contributed by atoms with Gasteiger partial charge in [0.05, 0.1) is 12.1 Å². The Hall–Kier alpha value is -3.95. The molecule has 2 fully saturated rings. The Bertz CT molecular complexity index is 2080. The Morgan fingerprint density at radius 1 is 0.582 bits per heavy atom. The number of pyridine rings is 2. The van der Waals surface area contributed by atoms with Crippen LogP contribution >= 0.6 is 57.9 Å². The van der Waals surface area contributed by atoms with Crippen LogP contribution in [0.1, 0.15) is 11.1 Å². The first-order valence-corrected chi connectivity index (χ1v) is 20.8. The lowest BCUT2D eigenvalue weighted by Crippen LogP contribution is -2.47. The molecule has 2 aliphatic heterocycles. The summed E-state index contributed by atoms with van der Waals surface area (Å²) in [6.07, 6.45) is 5.40. The van der Waals surface area contributed by atoms with Crippen LogP contribution in [-0.2, 0) is 12.8 Å². The van der Waals surface area contributed by atoms with Crippen molar-refractivity contribution in [3.8, 4) is 28.8 Å². The lowest BCUT2D eigenvalue weighted by molar-refractivity contribution is 0.261. The van der Waals surface area contributed by atoms with Crippen LogP contribution in [0.5, 0.6) is 5.75 Å². The number of hydrogen-bond donors (Lipinski definition) is 0. The van der Waals surface area contributed by atoms with E-state index < -0.39 is 0 Å². The third-order valence-corrected chi connectivity index (χ3v) is 11.8. The maximum atomic E-state index is 6.04. The van der Waals surface area contributed by atoms with Crippen LogP contribution in [-0.4, -0.2) is 111 Å². The van der Waals surface area contributed by atoms with Gasteiger partial charge in [-0.05, 0) is 72.5 Å². The largest absolute Gasteiger partial charge is 0.497 e. The molecule has 0 N–H and O–H groups in total. The van der Waals surface area contributed by atoms with Crippen molar-refractivity contribution in [3.63, 3.8) is 0 Å². The highest BCUT2D eigenvalue weighted by atomic mass is 35.5. The van der Waals surface area contributed by atoms with Gasteiger partial charge in [-0.3, -0.25) is 19.8 Å². The monoisotopic (exact) mass is 834 g/mol. The number of hydrogen-bond acceptors (Lipinski definition) is 13. The van der Waals surface area contributed by atoms with Crippen molar-refractivity contribution in [1.29, 1.82) is 0 Å². The predicted octanol–water partition coefficient (Wildman–Crippen LogP) is 7.90. The van der Waals surface area contributed by atoms with Crippen LogP contribution in [0.4, 0.5) is 10.3 Å². The number of benzene rings is 2. The summed E-state index contributed by atoms with van der Waals surface area (Å²) in [6, 6.07) is 23.7. The van der Waals surface area contributed by atoms with E-state index >= 15 is 0 Å². The maximum Gasteiger partial charge on any atom is 0.205 e. The second kappa shape index (κ2) is 19.3. The highest BCUT2D eigenvalue weighted by Crippen LogP contribution is 2.26. The third-order valence-electron chi connectivity index (χ3n) is 9.53. The van der Waals surface area contributed by atoms with Gasteiger partial charge < -0.3 is 14.5 Å². The predicted molar refractivity (Wildman–Crippen MR) is 225 cm³/mol. The Kier molecular flexibility index (Phi) is 13.8. The van der Waals surface area contributed by atoms with E-state index in [4.69, 9.17) is 39.5 Å². The van der Waals surface area contributed by atoms with Crippen molar-refractivity contribution in [1.82, 2.24) is 38.5 Å². The molecule has 0 bridgehead atoms. The van der Waals surface area contributed by atoms with Gasteiger partial charge in [-0.2, -0.15) is 18.7 Å². The summed E-state index contributed by atoms with van der Waals surface area (Å²) < 4.78 is 14.1. The van der Waals surface area contributed by atoms with E-state index in [2.05, 4.69) is 72.5 Å². The standard InChI is InChI=1S/C20H22ClN5OS.C19H19Cl2N5S/c1-27-17-4-2-15(3-5-17)7-9-25-10-12-26(13-11-25)20-23-19(24-28-20)18-14-16(21)6-8-22-18;20-15-3-1-14(2-4-15)7-8-25-9-11-26(12-10-25)19-23-18(24-27-19)17-6-5-16(21)13-22-17/h2-6,8,14H,7,9-13H2,1H3;1-6,13H,7-12H2. The van der Waals surface area contributed by atoms with E-state index in [1.807, 2.05) is 36.4 Å². The van der Waals surface area contributed by atoms with Gasteiger partial charge in [-0.1, -0.05) is 59.1 Å². The van der Waals surface area contributed by atoms with E-state index in [0.717, 1.165) is 105 Å². The fourth-order valence-electron chi connectivity index (χ4n) is 6.27. The Labute approximate surface area is 344 Å². The SMILES string of the molecule is COc1ccc(CCN2CCN(c3nc(-c4cc(Cl)ccn4)ns3)CC2)cc1.Clc1ccc(CCN2CCN(c3nc(-c4ccc(Cl)cn4)ns3)CC2)cc1. The van der Waals surface area contributed by atoms with Crippen LogP contribution < -0.4 is 14.5 Å². The van der Waals surface area contributed by atoms with Crippen LogP contribution in [0, 0.1) is 0 Å². The topological polar surface area (TPSA) is 99.5 Å². The summed E-state index contributed by atoms with van der Waals surface area (Å²) in [5.74, 6) is 2.21. The normalized spacial score (nSPS) is 15.1. The van der Waals surface area contributed by atoms with Gasteiger partial charge in [0.15, 0.2) is 11.6 Å². The van der Waals surface area contributed by atoms with Crippen molar-refractivity contribution in [2.24, 2.45) is 0 Å². The number of nitrogens with zero attached hydrogens (tertiary/aromatic N) is 10. The van der Waals surface area contributed by atoms with Crippen molar-refractivity contribution in [2.45, 2.75) is 12.8 Å². The maximum absolute atomic E-state index is 6.04. The van der Waals surface area contributed by atoms with Gasteiger partial charge in [0.2, 0.25) is 10.3 Å². The minimum atomic E-state index is 0.615. The Morgan fingerprint density at radius 3 is 1.62 bits per heavy atom. The smallest absolute Gasteiger partial charge is 0.205 e. The molecule has 8 rings (SSSR count). The molecule has 0 unspecified atom stereocenters. The molecule has 0 aliphatic carbocycles. The second-order valence-electron chi connectivity index (χ2n) is 13.2. The van der Waals surface area contributed by atoms with Crippen LogP contribution in [0.15, 0.2) is 85.2 Å². The van der Waals surface area contributed by atoms with Crippen LogP contribution in [0.3, 0.4) is 0 Å². The van der Waals surface area contributed by atoms with E-state index in [-0.39, 0.29) is 0 Å². The number of piperazine rings is 2. The molecule has 2 aliphatic rings. The average molecular weight is 836 g/mol. The van der Waals surface area contributed by atoms with E-state index in [9.17, 15) is 0 Å². The zero-order chi connectivity index (χ0) is 38.0. The molecule has 55 heavy (non-hydrogen) atoms. The Balaban J connectivity index is 0.000000169. The van der Waals surface area contributed by atoms with E-state index in [0.29, 0.717) is 27.4 Å². The molecule has 286 valence electrons. The van der Waals surface area contributed by atoms with Gasteiger partial charge in [-0.25, -0.2) is 0 Å². The van der Waals surface area contributed by atoms with Crippen molar-refractivity contribution < 1.29 is 4.74 Å². The van der Waals surface area contributed by atoms with Crippen molar-refractivity contribution >= 4 is 68.1 Å². The summed E-state index contributed by atoms with van der Waals surface area (Å²) in [6.45, 7) is 10.1. The molecule has 2 saturated heterocycles. The molecular weight excluding hydrogens is 795 g/mol. The molecule has 6 aromatic rings. The number of ether oxygens (including phenoxy) is 1. The lowest BCUT2D eigenvalue weighted by atomic mass is 10.1. The van der Waals surface area contributed by atoms with Gasteiger partial charge in [0.1, 0.15) is 17.1 Å². The number of anilines is 2. The fourth-order valence-corrected chi connectivity index (χ4v) is 8.13. The number of halogens is 3. The van der Waals surface area contributed by atoms with E-state index in [1.165, 1.54) is 34.2 Å². The van der Waals surface area contributed by atoms with Gasteiger partial charge in [0, 0.05) is 111 Å². The molecule has 0 spiro atoms. The number of methoxy groups -OCH3 is 1. The molecule has 4 aromatic heterocycles. The quantitative estimate of drug-likeness (QED) is 0.127. The first-order chi connectivity index (χ1) is 26.9. The molecule has 0 saturated carbocycles. The first-order valence-electron chi connectivity index (χ1n) is 18.1. The van der Waals surface area contributed by atoms with Crippen LogP contribution in [0.25, 0.3) is 23.0 Å². The Morgan fingerprint density at radius 2 is 1.11 bits per heavy atom. The average Bonchev–Trinajstić information content (AvgIpc) is 3.93. The molecule has 0 atom stereocenters. The number of rotatable bonds is 11. The molecule has 0 amide bonds. The molecule has 0 radical (unpaired) electrons.